The van der Waals surface area contributed by atoms with Gasteiger partial charge >= 0.3 is 0 Å². The number of carbonyl (C=O) groups is 1. The molecule has 136 valence electrons. The largest absolute Gasteiger partial charge is 0.497 e. The van der Waals surface area contributed by atoms with Crippen LogP contribution in [-0.2, 0) is 14.8 Å². The number of nitrogens with one attached hydrogen (secondary N) is 1. The summed E-state index contributed by atoms with van der Waals surface area (Å²) in [6, 6.07) is 4.90. The Labute approximate surface area is 144 Å². The van der Waals surface area contributed by atoms with Crippen molar-refractivity contribution in [1.82, 2.24) is 5.32 Å². The van der Waals surface area contributed by atoms with Crippen LogP contribution in [0.5, 0.6) is 11.5 Å². The second-order valence-electron chi connectivity index (χ2n) is 5.82. The summed E-state index contributed by atoms with van der Waals surface area (Å²) in [6.45, 7) is 4.23. The van der Waals surface area contributed by atoms with Crippen LogP contribution in [0.25, 0.3) is 0 Å². The maximum absolute atomic E-state index is 12.1. The second kappa shape index (κ2) is 8.77. The zero-order valence-electron chi connectivity index (χ0n) is 14.8. The first-order chi connectivity index (χ1) is 11.2. The first kappa shape index (κ1) is 20.1. The van der Waals surface area contributed by atoms with E-state index in [-0.39, 0.29) is 24.9 Å². The molecule has 0 spiro atoms. The molecule has 0 fully saturated rings. The highest BCUT2D eigenvalue weighted by Gasteiger charge is 2.21. The monoisotopic (exact) mass is 358 g/mol. The number of hydrogen-bond donors (Lipinski definition) is 1. The molecule has 0 saturated carbocycles. The number of benzene rings is 1. The van der Waals surface area contributed by atoms with Gasteiger partial charge in [-0.3, -0.25) is 9.10 Å². The fourth-order valence-electron chi connectivity index (χ4n) is 2.20. The van der Waals surface area contributed by atoms with Gasteiger partial charge in [-0.2, -0.15) is 0 Å². The molecule has 1 aromatic rings. The smallest absolute Gasteiger partial charge is 0.232 e. The minimum absolute atomic E-state index is 0.0971. The molecule has 0 aliphatic heterocycles. The number of sulfonamides is 1. The average Bonchev–Trinajstić information content (AvgIpc) is 2.49. The summed E-state index contributed by atoms with van der Waals surface area (Å²) in [4.78, 5) is 11.7. The standard InChI is InChI=1S/C16H26N2O5S/c1-12(2)10-16(19)17-8-9-18(24(5,20)21)14-7-6-13(22-3)11-15(14)23-4/h6-7,11-12H,8-10H2,1-5H3,(H,17,19). The first-order valence-corrected chi connectivity index (χ1v) is 9.50. The molecule has 0 aliphatic rings. The van der Waals surface area contributed by atoms with Crippen molar-refractivity contribution in [2.75, 3.05) is 37.9 Å². The van der Waals surface area contributed by atoms with Crippen LogP contribution in [-0.4, -0.2) is 47.9 Å². The van der Waals surface area contributed by atoms with Gasteiger partial charge in [0.15, 0.2) is 0 Å². The van der Waals surface area contributed by atoms with Gasteiger partial charge in [0, 0.05) is 19.0 Å². The molecule has 1 aromatic carbocycles. The van der Waals surface area contributed by atoms with Crippen molar-refractivity contribution in [2.24, 2.45) is 5.92 Å². The summed E-state index contributed by atoms with van der Waals surface area (Å²) in [5, 5.41) is 2.74. The second-order valence-corrected chi connectivity index (χ2v) is 7.73. The lowest BCUT2D eigenvalue weighted by Crippen LogP contribution is -2.38. The fraction of sp³-hybridized carbons (Fsp3) is 0.562. The topological polar surface area (TPSA) is 84.9 Å². The molecule has 8 heteroatoms. The number of anilines is 1. The highest BCUT2D eigenvalue weighted by molar-refractivity contribution is 7.92. The number of ether oxygens (including phenoxy) is 2. The molecular formula is C16H26N2O5S. The van der Waals surface area contributed by atoms with Gasteiger partial charge in [-0.25, -0.2) is 8.42 Å². The number of hydrogen-bond acceptors (Lipinski definition) is 5. The third kappa shape index (κ3) is 5.92. The summed E-state index contributed by atoms with van der Waals surface area (Å²) in [7, 11) is -0.548. The maximum Gasteiger partial charge on any atom is 0.232 e. The minimum Gasteiger partial charge on any atom is -0.497 e. The van der Waals surface area contributed by atoms with Gasteiger partial charge in [0.25, 0.3) is 0 Å². The molecule has 1 amide bonds. The van der Waals surface area contributed by atoms with Gasteiger partial charge in [0.05, 0.1) is 32.7 Å². The molecule has 0 aromatic heterocycles. The fourth-order valence-corrected chi connectivity index (χ4v) is 3.13. The number of nitrogens with zero attached hydrogens (tertiary/aromatic N) is 1. The Bertz CT molecular complexity index is 658. The number of carbonyl (C=O) groups excluding carboxylic acids is 1. The quantitative estimate of drug-likeness (QED) is 0.725. The third-order valence-corrected chi connectivity index (χ3v) is 4.47. The lowest BCUT2D eigenvalue weighted by molar-refractivity contribution is -0.121. The Kier molecular flexibility index (Phi) is 7.34. The van der Waals surface area contributed by atoms with Crippen LogP contribution in [0.3, 0.4) is 0 Å². The van der Waals surface area contributed by atoms with Gasteiger partial charge in [-0.05, 0) is 18.1 Å². The summed E-state index contributed by atoms with van der Waals surface area (Å²) in [5.74, 6) is 1.10. The van der Waals surface area contributed by atoms with E-state index in [2.05, 4.69) is 5.32 Å². The van der Waals surface area contributed by atoms with E-state index in [4.69, 9.17) is 9.47 Å². The van der Waals surface area contributed by atoms with Crippen LogP contribution in [0.15, 0.2) is 18.2 Å². The molecule has 24 heavy (non-hydrogen) atoms. The highest BCUT2D eigenvalue weighted by atomic mass is 32.2. The van der Waals surface area contributed by atoms with Crippen LogP contribution >= 0.6 is 0 Å². The van der Waals surface area contributed by atoms with E-state index in [1.54, 1.807) is 18.2 Å². The number of rotatable bonds is 9. The lowest BCUT2D eigenvalue weighted by atomic mass is 10.1. The summed E-state index contributed by atoms with van der Waals surface area (Å²) in [5.41, 5.74) is 0.402. The molecule has 1 N–H and O–H groups in total. The van der Waals surface area contributed by atoms with Crippen LogP contribution < -0.4 is 19.1 Å². The maximum atomic E-state index is 12.1. The molecule has 0 bridgehead atoms. The first-order valence-electron chi connectivity index (χ1n) is 7.65. The van der Waals surface area contributed by atoms with Crippen LogP contribution in [0.4, 0.5) is 5.69 Å². The van der Waals surface area contributed by atoms with Crippen LogP contribution in [0, 0.1) is 5.92 Å². The number of methoxy groups -OCH3 is 2. The molecule has 1 rings (SSSR count). The molecule has 0 radical (unpaired) electrons. The normalized spacial score (nSPS) is 11.2. The molecule has 0 aliphatic carbocycles. The van der Waals surface area contributed by atoms with Gasteiger partial charge in [-0.1, -0.05) is 13.8 Å². The number of amides is 1. The van der Waals surface area contributed by atoms with Gasteiger partial charge in [-0.15, -0.1) is 0 Å². The molecular weight excluding hydrogens is 332 g/mol. The Hall–Kier alpha value is -1.96. The summed E-state index contributed by atoms with van der Waals surface area (Å²) >= 11 is 0. The van der Waals surface area contributed by atoms with Gasteiger partial charge in [0.2, 0.25) is 15.9 Å². The van der Waals surface area contributed by atoms with Gasteiger partial charge < -0.3 is 14.8 Å². The van der Waals surface area contributed by atoms with Gasteiger partial charge in [0.1, 0.15) is 11.5 Å². The Morgan fingerprint density at radius 1 is 1.25 bits per heavy atom. The van der Waals surface area contributed by atoms with Crippen molar-refractivity contribution in [2.45, 2.75) is 20.3 Å². The van der Waals surface area contributed by atoms with E-state index >= 15 is 0 Å². The Morgan fingerprint density at radius 2 is 1.92 bits per heavy atom. The molecule has 7 nitrogen and oxygen atoms in total. The minimum atomic E-state index is -3.53. The molecule has 0 saturated heterocycles. The van der Waals surface area contributed by atoms with Crippen LogP contribution in [0.2, 0.25) is 0 Å². The van der Waals surface area contributed by atoms with Crippen molar-refractivity contribution >= 4 is 21.6 Å². The molecule has 0 atom stereocenters. The van der Waals surface area contributed by atoms with Crippen molar-refractivity contribution in [3.63, 3.8) is 0 Å². The third-order valence-electron chi connectivity index (χ3n) is 3.29. The average molecular weight is 358 g/mol. The van der Waals surface area contributed by atoms with E-state index in [9.17, 15) is 13.2 Å². The highest BCUT2D eigenvalue weighted by Crippen LogP contribution is 2.33. The SMILES string of the molecule is COc1ccc(N(CCNC(=O)CC(C)C)S(C)(=O)=O)c(OC)c1. The molecule has 0 unspecified atom stereocenters. The van der Waals surface area contributed by atoms with Crippen molar-refractivity contribution < 1.29 is 22.7 Å². The van der Waals surface area contributed by atoms with Crippen molar-refractivity contribution in [1.29, 1.82) is 0 Å². The Morgan fingerprint density at radius 3 is 2.42 bits per heavy atom. The van der Waals surface area contributed by atoms with Crippen molar-refractivity contribution in [3.05, 3.63) is 18.2 Å². The zero-order valence-corrected chi connectivity index (χ0v) is 15.6. The van der Waals surface area contributed by atoms with E-state index in [0.717, 1.165) is 6.26 Å². The summed E-state index contributed by atoms with van der Waals surface area (Å²) < 4.78 is 35.9. The zero-order chi connectivity index (χ0) is 18.3. The van der Waals surface area contributed by atoms with E-state index in [0.29, 0.717) is 23.6 Å². The summed E-state index contributed by atoms with van der Waals surface area (Å²) in [6.07, 6.45) is 1.53. The lowest BCUT2D eigenvalue weighted by Gasteiger charge is -2.24. The van der Waals surface area contributed by atoms with Crippen LogP contribution in [0.1, 0.15) is 20.3 Å². The van der Waals surface area contributed by atoms with E-state index in [1.807, 2.05) is 13.8 Å². The molecule has 0 heterocycles. The van der Waals surface area contributed by atoms with Crippen molar-refractivity contribution in [3.8, 4) is 11.5 Å². The van der Waals surface area contributed by atoms with E-state index in [1.165, 1.54) is 18.5 Å². The van der Waals surface area contributed by atoms with E-state index < -0.39 is 10.0 Å². The predicted octanol–water partition coefficient (Wildman–Crippen LogP) is 1.63. The Balaban J connectivity index is 2.93. The predicted molar refractivity (Wildman–Crippen MR) is 94.2 cm³/mol.